The molecule has 0 bridgehead atoms. The van der Waals surface area contributed by atoms with E-state index in [1.165, 1.54) is 6.07 Å². The smallest absolute Gasteiger partial charge is 0.412 e. The van der Waals surface area contributed by atoms with Gasteiger partial charge in [-0.25, -0.2) is 14.4 Å². The molecule has 8 nitrogen and oxygen atoms in total. The number of benzene rings is 1. The number of rotatable bonds is 5. The van der Waals surface area contributed by atoms with Gasteiger partial charge < -0.3 is 24.8 Å². The first-order chi connectivity index (χ1) is 10.1. The summed E-state index contributed by atoms with van der Waals surface area (Å²) in [7, 11) is 0. The van der Waals surface area contributed by atoms with E-state index in [-0.39, 0.29) is 24.6 Å². The van der Waals surface area contributed by atoms with Crippen LogP contribution in [-0.2, 0) is 9.53 Å². The van der Waals surface area contributed by atoms with Gasteiger partial charge in [-0.05, 0) is 12.1 Å². The predicted molar refractivity (Wildman–Crippen MR) is 74.1 cm³/mol. The Labute approximate surface area is 118 Å². The van der Waals surface area contributed by atoms with Crippen molar-refractivity contribution in [1.82, 2.24) is 15.3 Å². The molecule has 8 heteroatoms. The molecule has 0 fully saturated rings. The molecule has 1 amide bonds. The van der Waals surface area contributed by atoms with Crippen molar-refractivity contribution >= 4 is 23.1 Å². The number of nitrogens with one attached hydrogen (secondary N) is 3. The lowest BCUT2D eigenvalue weighted by atomic mass is 10.3. The van der Waals surface area contributed by atoms with Gasteiger partial charge in [-0.15, -0.1) is 0 Å². The average molecular weight is 291 g/mol. The Balaban J connectivity index is 1.84. The lowest BCUT2D eigenvalue weighted by Gasteiger charge is -2.06. The topological polar surface area (TPSA) is 113 Å². The summed E-state index contributed by atoms with van der Waals surface area (Å²) in [5, 5.41) is 2.41. The normalized spacial score (nSPS) is 10.1. The van der Waals surface area contributed by atoms with Crippen LogP contribution < -0.4 is 15.7 Å². The van der Waals surface area contributed by atoms with Crippen molar-refractivity contribution in [2.75, 3.05) is 13.2 Å². The minimum Gasteiger partial charge on any atom is -0.461 e. The number of fused-ring (bicyclic) bond motifs is 1. The van der Waals surface area contributed by atoms with Gasteiger partial charge in [0.05, 0.1) is 17.6 Å². The highest BCUT2D eigenvalue weighted by Crippen LogP contribution is 2.16. The molecule has 2 aromatic rings. The second-order valence-corrected chi connectivity index (χ2v) is 3.97. The zero-order chi connectivity index (χ0) is 15.2. The molecule has 3 N–H and O–H groups in total. The summed E-state index contributed by atoms with van der Waals surface area (Å²) in [4.78, 5) is 38.5. The van der Waals surface area contributed by atoms with Gasteiger partial charge in [0.25, 0.3) is 0 Å². The van der Waals surface area contributed by atoms with E-state index < -0.39 is 12.1 Å². The number of amides is 1. The Hall–Kier alpha value is -3.03. The number of aromatic amines is 2. The first-order valence-electron chi connectivity index (χ1n) is 6.05. The molecular weight excluding hydrogens is 278 g/mol. The minimum atomic E-state index is -0.693. The molecule has 0 spiro atoms. The van der Waals surface area contributed by atoms with Gasteiger partial charge in [-0.2, -0.15) is 0 Å². The van der Waals surface area contributed by atoms with E-state index in [2.05, 4.69) is 26.6 Å². The maximum atomic E-state index is 11.5. The number of imidazole rings is 1. The maximum absolute atomic E-state index is 11.5. The number of carbonyl (C=O) groups excluding carboxylic acids is 2. The van der Waals surface area contributed by atoms with Crippen molar-refractivity contribution in [3.05, 3.63) is 41.3 Å². The first-order valence-corrected chi connectivity index (χ1v) is 6.05. The molecule has 0 atom stereocenters. The van der Waals surface area contributed by atoms with E-state index in [0.29, 0.717) is 11.0 Å². The summed E-state index contributed by atoms with van der Waals surface area (Å²) in [6.07, 6.45) is 0.340. The Morgan fingerprint density at radius 3 is 2.81 bits per heavy atom. The Kier molecular flexibility index (Phi) is 4.39. The molecular formula is C13H13N3O5. The van der Waals surface area contributed by atoms with Crippen LogP contribution in [0.1, 0.15) is 0 Å². The zero-order valence-corrected chi connectivity index (χ0v) is 11.0. The average Bonchev–Trinajstić information content (AvgIpc) is 2.82. The van der Waals surface area contributed by atoms with Gasteiger partial charge in [-0.3, -0.25) is 0 Å². The fraction of sp³-hybridized carbons (Fsp3) is 0.154. The second-order valence-electron chi connectivity index (χ2n) is 3.97. The van der Waals surface area contributed by atoms with Crippen LogP contribution in [0.15, 0.2) is 35.6 Å². The van der Waals surface area contributed by atoms with Crippen molar-refractivity contribution in [2.45, 2.75) is 0 Å². The highest BCUT2D eigenvalue weighted by Gasteiger charge is 2.06. The SMILES string of the molecule is C=CC(=O)OCCNC(=O)Oc1ccc2[nH]c(=O)[nH]c2c1. The lowest BCUT2D eigenvalue weighted by molar-refractivity contribution is -0.137. The summed E-state index contributed by atoms with van der Waals surface area (Å²) in [5.74, 6) is -0.287. The highest BCUT2D eigenvalue weighted by molar-refractivity contribution is 5.81. The van der Waals surface area contributed by atoms with Gasteiger partial charge in [0.1, 0.15) is 12.4 Å². The maximum Gasteiger partial charge on any atom is 0.412 e. The molecule has 0 saturated heterocycles. The quantitative estimate of drug-likeness (QED) is 0.426. The monoisotopic (exact) mass is 291 g/mol. The van der Waals surface area contributed by atoms with E-state index in [4.69, 9.17) is 4.74 Å². The van der Waals surface area contributed by atoms with Crippen molar-refractivity contribution in [3.8, 4) is 5.75 Å². The summed E-state index contributed by atoms with van der Waals surface area (Å²) < 4.78 is 9.70. The van der Waals surface area contributed by atoms with E-state index >= 15 is 0 Å². The standard InChI is InChI=1S/C13H13N3O5/c1-2-11(17)20-6-5-14-13(19)21-8-3-4-9-10(7-8)16-12(18)15-9/h2-4,7H,1,5-6H2,(H,14,19)(H2,15,16,18). The molecule has 0 unspecified atom stereocenters. The molecule has 1 aromatic heterocycles. The number of aromatic nitrogens is 2. The highest BCUT2D eigenvalue weighted by atomic mass is 16.6. The van der Waals surface area contributed by atoms with E-state index in [9.17, 15) is 14.4 Å². The van der Waals surface area contributed by atoms with Crippen molar-refractivity contribution in [1.29, 1.82) is 0 Å². The number of hydrogen-bond acceptors (Lipinski definition) is 5. The number of esters is 1. The molecule has 1 heterocycles. The number of ether oxygens (including phenoxy) is 2. The van der Waals surface area contributed by atoms with Gasteiger partial charge in [-0.1, -0.05) is 6.58 Å². The van der Waals surface area contributed by atoms with Crippen LogP contribution in [0.3, 0.4) is 0 Å². The third kappa shape index (κ3) is 3.96. The van der Waals surface area contributed by atoms with Crippen LogP contribution in [0.4, 0.5) is 4.79 Å². The molecule has 21 heavy (non-hydrogen) atoms. The lowest BCUT2D eigenvalue weighted by Crippen LogP contribution is -2.30. The summed E-state index contributed by atoms with van der Waals surface area (Å²) in [5.41, 5.74) is 0.810. The third-order valence-electron chi connectivity index (χ3n) is 2.48. The van der Waals surface area contributed by atoms with Gasteiger partial charge >= 0.3 is 17.8 Å². The predicted octanol–water partition coefficient (Wildman–Crippen LogP) is 0.674. The van der Waals surface area contributed by atoms with Crippen LogP contribution in [0.25, 0.3) is 11.0 Å². The fourth-order valence-corrected chi connectivity index (χ4v) is 1.58. The summed E-state index contributed by atoms with van der Waals surface area (Å²) in [6, 6.07) is 4.68. The first kappa shape index (κ1) is 14.4. The zero-order valence-electron chi connectivity index (χ0n) is 11.0. The van der Waals surface area contributed by atoms with Crippen molar-refractivity contribution < 1.29 is 19.1 Å². The largest absolute Gasteiger partial charge is 0.461 e. The number of hydrogen-bond donors (Lipinski definition) is 3. The Bertz CT molecular complexity index is 731. The number of carbonyl (C=O) groups is 2. The van der Waals surface area contributed by atoms with Crippen molar-refractivity contribution in [2.24, 2.45) is 0 Å². The Morgan fingerprint density at radius 1 is 1.29 bits per heavy atom. The molecule has 0 aliphatic rings. The minimum absolute atomic E-state index is 0.0180. The fourth-order valence-electron chi connectivity index (χ4n) is 1.58. The Morgan fingerprint density at radius 2 is 2.05 bits per heavy atom. The van der Waals surface area contributed by atoms with Crippen LogP contribution in [0.2, 0.25) is 0 Å². The molecule has 0 saturated carbocycles. The molecule has 0 aliphatic carbocycles. The van der Waals surface area contributed by atoms with Crippen LogP contribution >= 0.6 is 0 Å². The van der Waals surface area contributed by atoms with E-state index in [1.807, 2.05) is 0 Å². The molecule has 2 rings (SSSR count). The molecule has 0 radical (unpaired) electrons. The van der Waals surface area contributed by atoms with E-state index in [0.717, 1.165) is 6.08 Å². The number of H-pyrrole nitrogens is 2. The van der Waals surface area contributed by atoms with Crippen LogP contribution in [0.5, 0.6) is 5.75 Å². The third-order valence-corrected chi connectivity index (χ3v) is 2.48. The molecule has 1 aromatic carbocycles. The van der Waals surface area contributed by atoms with Gasteiger partial charge in [0.2, 0.25) is 0 Å². The summed E-state index contributed by atoms with van der Waals surface area (Å²) in [6.45, 7) is 3.37. The van der Waals surface area contributed by atoms with Crippen LogP contribution in [0, 0.1) is 0 Å². The molecule has 110 valence electrons. The van der Waals surface area contributed by atoms with Crippen molar-refractivity contribution in [3.63, 3.8) is 0 Å². The van der Waals surface area contributed by atoms with Gasteiger partial charge in [0, 0.05) is 12.1 Å². The van der Waals surface area contributed by atoms with Crippen LogP contribution in [-0.4, -0.2) is 35.2 Å². The van der Waals surface area contributed by atoms with E-state index in [1.54, 1.807) is 12.1 Å². The van der Waals surface area contributed by atoms with Gasteiger partial charge in [0.15, 0.2) is 0 Å². The second kappa shape index (κ2) is 6.42. The molecule has 0 aliphatic heterocycles. The summed E-state index contributed by atoms with van der Waals surface area (Å²) >= 11 is 0.